The molecule has 0 aliphatic rings. The molecule has 0 spiro atoms. The van der Waals surface area contributed by atoms with Crippen molar-refractivity contribution in [2.45, 2.75) is 26.7 Å². The van der Waals surface area contributed by atoms with Crippen LogP contribution in [-0.2, 0) is 0 Å². The van der Waals surface area contributed by atoms with E-state index in [1.54, 1.807) is 6.07 Å². The molecule has 0 fully saturated rings. The first-order chi connectivity index (χ1) is 8.70. The zero-order valence-corrected chi connectivity index (χ0v) is 10.7. The van der Waals surface area contributed by atoms with Gasteiger partial charge in [0.05, 0.1) is 5.52 Å². The SMILES string of the molecule is CCCCNC(=O)c1cc2cc(C)ccc2nn1. The molecule has 2 aromatic rings. The number of unbranched alkanes of at least 4 members (excludes halogenated alkanes) is 1. The number of aromatic nitrogens is 2. The van der Waals surface area contributed by atoms with Gasteiger partial charge in [-0.05, 0) is 31.5 Å². The quantitative estimate of drug-likeness (QED) is 0.839. The topological polar surface area (TPSA) is 54.9 Å². The molecule has 2 rings (SSSR count). The van der Waals surface area contributed by atoms with Gasteiger partial charge in [-0.25, -0.2) is 0 Å². The van der Waals surface area contributed by atoms with Crippen LogP contribution in [0, 0.1) is 6.92 Å². The smallest absolute Gasteiger partial charge is 0.271 e. The van der Waals surface area contributed by atoms with E-state index in [2.05, 4.69) is 22.4 Å². The lowest BCUT2D eigenvalue weighted by atomic mass is 10.1. The fourth-order valence-electron chi connectivity index (χ4n) is 1.74. The standard InChI is InChI=1S/C14H17N3O/c1-3-4-7-15-14(18)13-9-11-8-10(2)5-6-12(11)16-17-13/h5-6,8-9H,3-4,7H2,1-2H3,(H,15,18). The second-order valence-corrected chi connectivity index (χ2v) is 4.40. The van der Waals surface area contributed by atoms with Crippen LogP contribution in [0.15, 0.2) is 24.3 Å². The lowest BCUT2D eigenvalue weighted by molar-refractivity contribution is 0.0947. The molecule has 1 heterocycles. The molecule has 1 aromatic carbocycles. The lowest BCUT2D eigenvalue weighted by Gasteiger charge is -2.04. The Labute approximate surface area is 106 Å². The van der Waals surface area contributed by atoms with Crippen molar-refractivity contribution in [1.29, 1.82) is 0 Å². The highest BCUT2D eigenvalue weighted by atomic mass is 16.1. The number of nitrogens with zero attached hydrogens (tertiary/aromatic N) is 2. The molecule has 4 heteroatoms. The van der Waals surface area contributed by atoms with Gasteiger partial charge in [0.2, 0.25) is 0 Å². The summed E-state index contributed by atoms with van der Waals surface area (Å²) < 4.78 is 0. The Bertz CT molecular complexity index is 566. The van der Waals surface area contributed by atoms with E-state index in [1.165, 1.54) is 0 Å². The molecule has 0 radical (unpaired) electrons. The van der Waals surface area contributed by atoms with Gasteiger partial charge < -0.3 is 5.32 Å². The van der Waals surface area contributed by atoms with Crippen molar-refractivity contribution in [3.63, 3.8) is 0 Å². The molecule has 94 valence electrons. The number of carbonyl (C=O) groups is 1. The number of hydrogen-bond donors (Lipinski definition) is 1. The molecule has 0 saturated carbocycles. The van der Waals surface area contributed by atoms with Crippen LogP contribution in [0.5, 0.6) is 0 Å². The number of aryl methyl sites for hydroxylation is 1. The Kier molecular flexibility index (Phi) is 3.87. The van der Waals surface area contributed by atoms with Crippen molar-refractivity contribution in [2.75, 3.05) is 6.54 Å². The molecular weight excluding hydrogens is 226 g/mol. The average Bonchev–Trinajstić information content (AvgIpc) is 2.38. The highest BCUT2D eigenvalue weighted by molar-refractivity contribution is 5.95. The molecule has 0 saturated heterocycles. The normalized spacial score (nSPS) is 10.6. The third-order valence-corrected chi connectivity index (χ3v) is 2.79. The first kappa shape index (κ1) is 12.5. The van der Waals surface area contributed by atoms with Crippen LogP contribution in [0.3, 0.4) is 0 Å². The summed E-state index contributed by atoms with van der Waals surface area (Å²) in [7, 11) is 0. The van der Waals surface area contributed by atoms with Gasteiger partial charge in [-0.2, -0.15) is 0 Å². The zero-order valence-electron chi connectivity index (χ0n) is 10.7. The van der Waals surface area contributed by atoms with Crippen LogP contribution < -0.4 is 5.32 Å². The van der Waals surface area contributed by atoms with Crippen LogP contribution in [0.1, 0.15) is 35.8 Å². The highest BCUT2D eigenvalue weighted by Gasteiger charge is 2.08. The maximum Gasteiger partial charge on any atom is 0.271 e. The Morgan fingerprint density at radius 2 is 2.11 bits per heavy atom. The summed E-state index contributed by atoms with van der Waals surface area (Å²) in [5.74, 6) is -0.153. The Hall–Kier alpha value is -1.97. The van der Waals surface area contributed by atoms with E-state index in [0.717, 1.165) is 29.3 Å². The predicted octanol–water partition coefficient (Wildman–Crippen LogP) is 2.47. The first-order valence-electron chi connectivity index (χ1n) is 6.23. The third-order valence-electron chi connectivity index (χ3n) is 2.79. The molecule has 0 aliphatic heterocycles. The van der Waals surface area contributed by atoms with Gasteiger partial charge in [-0.15, -0.1) is 10.2 Å². The largest absolute Gasteiger partial charge is 0.351 e. The maximum absolute atomic E-state index is 11.8. The van der Waals surface area contributed by atoms with Crippen LogP contribution in [0.2, 0.25) is 0 Å². The van der Waals surface area contributed by atoms with E-state index in [1.807, 2.05) is 25.1 Å². The first-order valence-corrected chi connectivity index (χ1v) is 6.23. The van der Waals surface area contributed by atoms with Gasteiger partial charge in [0.15, 0.2) is 5.69 Å². The van der Waals surface area contributed by atoms with Crippen LogP contribution in [0.25, 0.3) is 10.9 Å². The van der Waals surface area contributed by atoms with Crippen LogP contribution >= 0.6 is 0 Å². The number of carbonyl (C=O) groups excluding carboxylic acids is 1. The molecule has 1 aromatic heterocycles. The number of amides is 1. The Balaban J connectivity index is 2.21. The molecule has 1 N–H and O–H groups in total. The zero-order chi connectivity index (χ0) is 13.0. The summed E-state index contributed by atoms with van der Waals surface area (Å²) in [5, 5.41) is 11.8. The highest BCUT2D eigenvalue weighted by Crippen LogP contribution is 2.13. The third kappa shape index (κ3) is 2.83. The maximum atomic E-state index is 11.8. The summed E-state index contributed by atoms with van der Waals surface area (Å²) in [6, 6.07) is 7.69. The number of hydrogen-bond acceptors (Lipinski definition) is 3. The van der Waals surface area contributed by atoms with Gasteiger partial charge in [-0.3, -0.25) is 4.79 Å². The van der Waals surface area contributed by atoms with E-state index < -0.39 is 0 Å². The number of rotatable bonds is 4. The Morgan fingerprint density at radius 1 is 1.28 bits per heavy atom. The van der Waals surface area contributed by atoms with E-state index in [4.69, 9.17) is 0 Å². The molecule has 4 nitrogen and oxygen atoms in total. The predicted molar refractivity (Wildman–Crippen MR) is 71.5 cm³/mol. The molecular formula is C14H17N3O. The number of benzene rings is 1. The van der Waals surface area contributed by atoms with Gasteiger partial charge in [0, 0.05) is 11.9 Å². The van der Waals surface area contributed by atoms with E-state index in [0.29, 0.717) is 12.2 Å². The fourth-order valence-corrected chi connectivity index (χ4v) is 1.74. The van der Waals surface area contributed by atoms with Gasteiger partial charge in [0.25, 0.3) is 5.91 Å². The van der Waals surface area contributed by atoms with Crippen molar-refractivity contribution in [3.8, 4) is 0 Å². The fraction of sp³-hybridized carbons (Fsp3) is 0.357. The molecule has 0 aliphatic carbocycles. The summed E-state index contributed by atoms with van der Waals surface area (Å²) >= 11 is 0. The van der Waals surface area contributed by atoms with Gasteiger partial charge in [-0.1, -0.05) is 25.0 Å². The minimum Gasteiger partial charge on any atom is -0.351 e. The number of fused-ring (bicyclic) bond motifs is 1. The van der Waals surface area contributed by atoms with E-state index in [9.17, 15) is 4.79 Å². The van der Waals surface area contributed by atoms with Gasteiger partial charge in [0.1, 0.15) is 0 Å². The monoisotopic (exact) mass is 243 g/mol. The molecule has 18 heavy (non-hydrogen) atoms. The minimum atomic E-state index is -0.153. The number of nitrogens with one attached hydrogen (secondary N) is 1. The van der Waals surface area contributed by atoms with Crippen molar-refractivity contribution in [2.24, 2.45) is 0 Å². The summed E-state index contributed by atoms with van der Waals surface area (Å²) in [6.45, 7) is 4.79. The molecule has 1 amide bonds. The van der Waals surface area contributed by atoms with Gasteiger partial charge >= 0.3 is 0 Å². The van der Waals surface area contributed by atoms with Crippen molar-refractivity contribution in [1.82, 2.24) is 15.5 Å². The van der Waals surface area contributed by atoms with Crippen LogP contribution in [-0.4, -0.2) is 22.6 Å². The van der Waals surface area contributed by atoms with E-state index >= 15 is 0 Å². The lowest BCUT2D eigenvalue weighted by Crippen LogP contribution is -2.25. The molecule has 0 unspecified atom stereocenters. The summed E-state index contributed by atoms with van der Waals surface area (Å²) in [4.78, 5) is 11.8. The Morgan fingerprint density at radius 3 is 2.89 bits per heavy atom. The van der Waals surface area contributed by atoms with Crippen LogP contribution in [0.4, 0.5) is 0 Å². The minimum absolute atomic E-state index is 0.153. The second-order valence-electron chi connectivity index (χ2n) is 4.40. The average molecular weight is 243 g/mol. The van der Waals surface area contributed by atoms with Crippen molar-refractivity contribution >= 4 is 16.8 Å². The van der Waals surface area contributed by atoms with E-state index in [-0.39, 0.29) is 5.91 Å². The summed E-state index contributed by atoms with van der Waals surface area (Å²) in [6.07, 6.45) is 2.04. The second kappa shape index (κ2) is 5.58. The van der Waals surface area contributed by atoms with Crippen molar-refractivity contribution in [3.05, 3.63) is 35.5 Å². The molecule has 0 bridgehead atoms. The molecule has 0 atom stereocenters. The van der Waals surface area contributed by atoms with Crippen molar-refractivity contribution < 1.29 is 4.79 Å². The summed E-state index contributed by atoms with van der Waals surface area (Å²) in [5.41, 5.74) is 2.34.